The Kier molecular flexibility index (Phi) is 2.14. The standard InChI is InChI=1S/C11H15N5/c1-2-11(4-3-5-13-11)10-15-14-9-8-12-6-7-16(9)10/h6-8,13H,2-5H2,1H3. The zero-order valence-corrected chi connectivity index (χ0v) is 9.35. The van der Waals surface area contributed by atoms with Crippen LogP contribution in [0.3, 0.4) is 0 Å². The van der Waals surface area contributed by atoms with E-state index in [1.165, 1.54) is 6.42 Å². The Morgan fingerprint density at radius 3 is 3.19 bits per heavy atom. The lowest BCUT2D eigenvalue weighted by Gasteiger charge is -2.25. The molecule has 84 valence electrons. The molecular formula is C11H15N5. The zero-order valence-electron chi connectivity index (χ0n) is 9.35. The molecule has 1 atom stereocenters. The molecule has 1 N–H and O–H groups in total. The molecule has 5 heteroatoms. The summed E-state index contributed by atoms with van der Waals surface area (Å²) in [6, 6.07) is 0. The number of hydrogen-bond donors (Lipinski definition) is 1. The fourth-order valence-electron chi connectivity index (χ4n) is 2.54. The van der Waals surface area contributed by atoms with Crippen LogP contribution >= 0.6 is 0 Å². The van der Waals surface area contributed by atoms with E-state index in [2.05, 4.69) is 27.4 Å². The maximum absolute atomic E-state index is 4.33. The Hall–Kier alpha value is -1.49. The number of fused-ring (bicyclic) bond motifs is 1. The lowest BCUT2D eigenvalue weighted by molar-refractivity contribution is 0.349. The molecule has 1 fully saturated rings. The summed E-state index contributed by atoms with van der Waals surface area (Å²) < 4.78 is 2.04. The van der Waals surface area contributed by atoms with Gasteiger partial charge in [0.1, 0.15) is 0 Å². The van der Waals surface area contributed by atoms with Crippen LogP contribution in [0.5, 0.6) is 0 Å². The average molecular weight is 217 g/mol. The van der Waals surface area contributed by atoms with Crippen molar-refractivity contribution in [3.63, 3.8) is 0 Å². The fraction of sp³-hybridized carbons (Fsp3) is 0.545. The fourth-order valence-corrected chi connectivity index (χ4v) is 2.54. The second-order valence-electron chi connectivity index (χ2n) is 4.29. The van der Waals surface area contributed by atoms with E-state index in [4.69, 9.17) is 0 Å². The van der Waals surface area contributed by atoms with Gasteiger partial charge < -0.3 is 5.32 Å². The van der Waals surface area contributed by atoms with Crippen LogP contribution in [-0.4, -0.2) is 26.1 Å². The quantitative estimate of drug-likeness (QED) is 0.818. The van der Waals surface area contributed by atoms with Crippen molar-refractivity contribution < 1.29 is 0 Å². The van der Waals surface area contributed by atoms with Crippen LogP contribution in [0.1, 0.15) is 32.0 Å². The topological polar surface area (TPSA) is 55.1 Å². The molecule has 0 radical (unpaired) electrons. The minimum atomic E-state index is 0.000764. The van der Waals surface area contributed by atoms with Crippen molar-refractivity contribution >= 4 is 5.65 Å². The third-order valence-corrected chi connectivity index (χ3v) is 3.49. The molecule has 16 heavy (non-hydrogen) atoms. The summed E-state index contributed by atoms with van der Waals surface area (Å²) in [5.41, 5.74) is 0.819. The first-order valence-electron chi connectivity index (χ1n) is 5.76. The van der Waals surface area contributed by atoms with Crippen LogP contribution in [0, 0.1) is 0 Å². The second-order valence-corrected chi connectivity index (χ2v) is 4.29. The van der Waals surface area contributed by atoms with Crippen molar-refractivity contribution in [3.8, 4) is 0 Å². The van der Waals surface area contributed by atoms with Crippen molar-refractivity contribution in [1.29, 1.82) is 0 Å². The Balaban J connectivity index is 2.17. The molecule has 0 saturated carbocycles. The number of nitrogens with one attached hydrogen (secondary N) is 1. The van der Waals surface area contributed by atoms with Gasteiger partial charge in [0, 0.05) is 12.4 Å². The van der Waals surface area contributed by atoms with Crippen molar-refractivity contribution in [2.45, 2.75) is 31.7 Å². The van der Waals surface area contributed by atoms with Crippen LogP contribution in [0.25, 0.3) is 5.65 Å². The van der Waals surface area contributed by atoms with Gasteiger partial charge in [-0.15, -0.1) is 10.2 Å². The van der Waals surface area contributed by atoms with E-state index < -0.39 is 0 Å². The van der Waals surface area contributed by atoms with Gasteiger partial charge >= 0.3 is 0 Å². The molecule has 3 rings (SSSR count). The van der Waals surface area contributed by atoms with Crippen LogP contribution in [-0.2, 0) is 5.54 Å². The summed E-state index contributed by atoms with van der Waals surface area (Å²) in [7, 11) is 0. The largest absolute Gasteiger partial charge is 0.305 e. The first-order valence-corrected chi connectivity index (χ1v) is 5.76. The van der Waals surface area contributed by atoms with Crippen molar-refractivity contribution in [2.75, 3.05) is 6.54 Å². The molecule has 1 unspecified atom stereocenters. The van der Waals surface area contributed by atoms with Gasteiger partial charge in [-0.05, 0) is 25.8 Å². The highest BCUT2D eigenvalue weighted by atomic mass is 15.3. The van der Waals surface area contributed by atoms with E-state index in [0.717, 1.165) is 30.9 Å². The molecule has 0 aliphatic carbocycles. The molecule has 5 nitrogen and oxygen atoms in total. The van der Waals surface area contributed by atoms with Gasteiger partial charge in [0.15, 0.2) is 11.5 Å². The lowest BCUT2D eigenvalue weighted by atomic mass is 9.93. The SMILES string of the molecule is CCC1(c2nnc3cnccn23)CCCN1. The highest BCUT2D eigenvalue weighted by Crippen LogP contribution is 2.32. The Labute approximate surface area is 93.9 Å². The van der Waals surface area contributed by atoms with Crippen molar-refractivity contribution in [3.05, 3.63) is 24.4 Å². The van der Waals surface area contributed by atoms with Crippen molar-refractivity contribution in [1.82, 2.24) is 24.9 Å². The molecule has 0 amide bonds. The number of rotatable bonds is 2. The Morgan fingerprint density at radius 2 is 2.44 bits per heavy atom. The Morgan fingerprint density at radius 1 is 1.50 bits per heavy atom. The smallest absolute Gasteiger partial charge is 0.179 e. The highest BCUT2D eigenvalue weighted by molar-refractivity contribution is 5.35. The van der Waals surface area contributed by atoms with Crippen LogP contribution in [0.15, 0.2) is 18.6 Å². The van der Waals surface area contributed by atoms with Gasteiger partial charge in [0.2, 0.25) is 0 Å². The van der Waals surface area contributed by atoms with Gasteiger partial charge in [-0.1, -0.05) is 6.92 Å². The monoisotopic (exact) mass is 217 g/mol. The molecule has 1 aliphatic heterocycles. The molecule has 0 bridgehead atoms. The van der Waals surface area contributed by atoms with Crippen molar-refractivity contribution in [2.24, 2.45) is 0 Å². The predicted molar refractivity (Wildman–Crippen MR) is 60.0 cm³/mol. The second kappa shape index (κ2) is 3.52. The maximum Gasteiger partial charge on any atom is 0.179 e. The van der Waals surface area contributed by atoms with Crippen LogP contribution in [0.2, 0.25) is 0 Å². The molecule has 3 heterocycles. The van der Waals surface area contributed by atoms with Gasteiger partial charge in [-0.2, -0.15) is 0 Å². The first kappa shape index (κ1) is 9.72. The van der Waals surface area contributed by atoms with E-state index in [9.17, 15) is 0 Å². The van der Waals surface area contributed by atoms with Gasteiger partial charge in [0.25, 0.3) is 0 Å². The van der Waals surface area contributed by atoms with Gasteiger partial charge in [0.05, 0.1) is 11.7 Å². The van der Waals surface area contributed by atoms with Gasteiger partial charge in [-0.25, -0.2) is 0 Å². The predicted octanol–water partition coefficient (Wildman–Crippen LogP) is 1.11. The van der Waals surface area contributed by atoms with E-state index >= 15 is 0 Å². The van der Waals surface area contributed by atoms with Crippen LogP contribution < -0.4 is 5.32 Å². The summed E-state index contributed by atoms with van der Waals surface area (Å²) >= 11 is 0. The zero-order chi connectivity index (χ0) is 11.0. The summed E-state index contributed by atoms with van der Waals surface area (Å²) in [6.07, 6.45) is 8.83. The number of nitrogens with zero attached hydrogens (tertiary/aromatic N) is 4. The maximum atomic E-state index is 4.33. The van der Waals surface area contributed by atoms with Gasteiger partial charge in [-0.3, -0.25) is 9.38 Å². The molecule has 2 aromatic rings. The normalized spacial score (nSPS) is 25.3. The molecule has 2 aromatic heterocycles. The highest BCUT2D eigenvalue weighted by Gasteiger charge is 2.37. The minimum Gasteiger partial charge on any atom is -0.305 e. The van der Waals surface area contributed by atoms with Crippen LogP contribution in [0.4, 0.5) is 0 Å². The molecule has 1 aliphatic rings. The summed E-state index contributed by atoms with van der Waals surface area (Å²) in [5, 5.41) is 12.1. The minimum absolute atomic E-state index is 0.000764. The summed E-state index contributed by atoms with van der Waals surface area (Å²) in [4.78, 5) is 4.06. The molecule has 1 saturated heterocycles. The summed E-state index contributed by atoms with van der Waals surface area (Å²) in [6.45, 7) is 3.26. The first-order chi connectivity index (χ1) is 7.86. The molecule has 0 aromatic carbocycles. The van der Waals surface area contributed by atoms with E-state index in [1.54, 1.807) is 12.4 Å². The third kappa shape index (κ3) is 1.24. The van der Waals surface area contributed by atoms with E-state index in [-0.39, 0.29) is 5.54 Å². The summed E-state index contributed by atoms with van der Waals surface area (Å²) in [5.74, 6) is 1.02. The molecular weight excluding hydrogens is 202 g/mol. The number of aromatic nitrogens is 4. The average Bonchev–Trinajstić information content (AvgIpc) is 2.96. The number of hydrogen-bond acceptors (Lipinski definition) is 4. The third-order valence-electron chi connectivity index (χ3n) is 3.49. The van der Waals surface area contributed by atoms with E-state index in [1.807, 2.05) is 10.6 Å². The molecule has 0 spiro atoms. The van der Waals surface area contributed by atoms with E-state index in [0.29, 0.717) is 0 Å². The Bertz CT molecular complexity index is 498. The lowest BCUT2D eigenvalue weighted by Crippen LogP contribution is -2.38.